The molecule has 45 heavy (non-hydrogen) atoms. The second-order valence-electron chi connectivity index (χ2n) is 10.5. The van der Waals surface area contributed by atoms with E-state index in [2.05, 4.69) is 9.97 Å². The number of aromatic carboxylic acids is 1. The molecule has 1 saturated heterocycles. The Morgan fingerprint density at radius 2 is 1.82 bits per heavy atom. The van der Waals surface area contributed by atoms with Crippen LogP contribution in [0.4, 0.5) is 13.2 Å². The molecule has 3 aromatic carbocycles. The molecule has 3 heterocycles. The standard InChI is InChI=1S/C33H27ClF3N3O5/c1-2-44-30-17-43-16-29(30)40-28-11-18(33(41)42)7-9-27(28)38-31(40)12-20-10-25(37)22(14-24(20)36)26-4-3-5-32(39-26)45-15-19-6-8-21(34)13-23(19)35/h3-11,13-14,29-30H,2,12,15-17H2,1H3,(H,41,42)/t29-,30+/m1/s1. The number of carboxylic acids is 1. The molecule has 0 unspecified atom stereocenters. The number of rotatable bonds is 10. The van der Waals surface area contributed by atoms with Gasteiger partial charge in [-0.25, -0.2) is 27.9 Å². The van der Waals surface area contributed by atoms with Crippen LogP contribution in [-0.2, 0) is 22.5 Å². The molecule has 0 bridgehead atoms. The summed E-state index contributed by atoms with van der Waals surface area (Å²) in [5, 5.41) is 9.84. The van der Waals surface area contributed by atoms with E-state index < -0.39 is 23.4 Å². The van der Waals surface area contributed by atoms with Gasteiger partial charge in [0.05, 0.1) is 41.5 Å². The van der Waals surface area contributed by atoms with Gasteiger partial charge in [0.25, 0.3) is 0 Å². The van der Waals surface area contributed by atoms with Crippen molar-refractivity contribution in [1.82, 2.24) is 14.5 Å². The molecule has 232 valence electrons. The van der Waals surface area contributed by atoms with Crippen molar-refractivity contribution >= 4 is 28.6 Å². The number of aromatic nitrogens is 3. The molecule has 0 amide bonds. The summed E-state index contributed by atoms with van der Waals surface area (Å²) in [5.41, 5.74) is 1.46. The second-order valence-corrected chi connectivity index (χ2v) is 10.9. The predicted octanol–water partition coefficient (Wildman–Crippen LogP) is 7.01. The average molecular weight is 638 g/mol. The van der Waals surface area contributed by atoms with Gasteiger partial charge in [-0.2, -0.15) is 0 Å². The number of benzene rings is 3. The summed E-state index contributed by atoms with van der Waals surface area (Å²) < 4.78 is 64.3. The van der Waals surface area contributed by atoms with E-state index in [0.29, 0.717) is 30.1 Å². The lowest BCUT2D eigenvalue weighted by atomic mass is 10.0. The fraction of sp³-hybridized carbons (Fsp3) is 0.242. The van der Waals surface area contributed by atoms with Gasteiger partial charge < -0.3 is 23.9 Å². The maximum Gasteiger partial charge on any atom is 0.335 e. The van der Waals surface area contributed by atoms with Crippen molar-refractivity contribution in [2.45, 2.75) is 32.1 Å². The van der Waals surface area contributed by atoms with E-state index in [4.69, 9.17) is 25.8 Å². The molecule has 1 N–H and O–H groups in total. The Bertz CT molecular complexity index is 1900. The van der Waals surface area contributed by atoms with Gasteiger partial charge >= 0.3 is 5.97 Å². The normalized spacial score (nSPS) is 16.4. The first-order valence-electron chi connectivity index (χ1n) is 14.2. The van der Waals surface area contributed by atoms with Gasteiger partial charge in [0.1, 0.15) is 36.0 Å². The fourth-order valence-corrected chi connectivity index (χ4v) is 5.59. The first-order chi connectivity index (χ1) is 21.7. The molecule has 0 aliphatic carbocycles. The number of hydrogen-bond donors (Lipinski definition) is 1. The van der Waals surface area contributed by atoms with Crippen LogP contribution in [0.3, 0.4) is 0 Å². The van der Waals surface area contributed by atoms with E-state index in [1.54, 1.807) is 12.1 Å². The van der Waals surface area contributed by atoms with Crippen molar-refractivity contribution in [1.29, 1.82) is 0 Å². The third-order valence-electron chi connectivity index (χ3n) is 7.60. The van der Waals surface area contributed by atoms with Crippen LogP contribution in [0, 0.1) is 17.5 Å². The fourth-order valence-electron chi connectivity index (χ4n) is 5.43. The van der Waals surface area contributed by atoms with Crippen LogP contribution in [0.15, 0.2) is 66.7 Å². The number of pyridine rings is 1. The molecule has 1 aliphatic heterocycles. The maximum atomic E-state index is 15.6. The molecule has 0 saturated carbocycles. The molecule has 0 spiro atoms. The summed E-state index contributed by atoms with van der Waals surface area (Å²) in [6, 6.07) is 15.2. The quantitative estimate of drug-likeness (QED) is 0.176. The van der Waals surface area contributed by atoms with E-state index in [0.717, 1.165) is 12.1 Å². The highest BCUT2D eigenvalue weighted by Gasteiger charge is 2.33. The van der Waals surface area contributed by atoms with Crippen LogP contribution in [0.25, 0.3) is 22.3 Å². The molecule has 2 aromatic heterocycles. The SMILES string of the molecule is CCO[C@H]1COC[C@H]1n1c(Cc2cc(F)c(-c3cccc(OCc4ccc(Cl)cc4F)n3)cc2F)nc2ccc(C(=O)O)cc21. The van der Waals surface area contributed by atoms with E-state index in [1.165, 1.54) is 42.5 Å². The Labute approximate surface area is 261 Å². The van der Waals surface area contributed by atoms with E-state index in [-0.39, 0.29) is 70.6 Å². The second kappa shape index (κ2) is 12.9. The lowest BCUT2D eigenvalue weighted by Crippen LogP contribution is -2.27. The van der Waals surface area contributed by atoms with Gasteiger partial charge in [-0.3, -0.25) is 0 Å². The predicted molar refractivity (Wildman–Crippen MR) is 160 cm³/mol. The first-order valence-corrected chi connectivity index (χ1v) is 14.5. The zero-order valence-corrected chi connectivity index (χ0v) is 24.7. The van der Waals surface area contributed by atoms with Crippen molar-refractivity contribution in [3.63, 3.8) is 0 Å². The Balaban J connectivity index is 1.31. The van der Waals surface area contributed by atoms with Crippen LogP contribution in [0.2, 0.25) is 5.02 Å². The zero-order valence-electron chi connectivity index (χ0n) is 24.0. The lowest BCUT2D eigenvalue weighted by molar-refractivity contribution is 0.0364. The number of carboxylic acid groups (broad SMARTS) is 1. The van der Waals surface area contributed by atoms with Crippen LogP contribution in [-0.4, -0.2) is 51.5 Å². The molecule has 1 fully saturated rings. The molecule has 1 aliphatic rings. The monoisotopic (exact) mass is 637 g/mol. The number of ether oxygens (including phenoxy) is 3. The summed E-state index contributed by atoms with van der Waals surface area (Å²) in [5.74, 6) is -2.53. The summed E-state index contributed by atoms with van der Waals surface area (Å²) in [7, 11) is 0. The number of imidazole rings is 1. The largest absolute Gasteiger partial charge is 0.478 e. The van der Waals surface area contributed by atoms with Crippen LogP contribution < -0.4 is 4.74 Å². The Morgan fingerprint density at radius 1 is 1.00 bits per heavy atom. The van der Waals surface area contributed by atoms with Crippen LogP contribution >= 0.6 is 11.6 Å². The summed E-state index contributed by atoms with van der Waals surface area (Å²) in [4.78, 5) is 20.7. The highest BCUT2D eigenvalue weighted by molar-refractivity contribution is 6.30. The average Bonchev–Trinajstić information content (AvgIpc) is 3.61. The number of hydrogen-bond acceptors (Lipinski definition) is 6. The third kappa shape index (κ3) is 6.37. The van der Waals surface area contributed by atoms with Gasteiger partial charge in [-0.15, -0.1) is 0 Å². The van der Waals surface area contributed by atoms with Gasteiger partial charge in [0.2, 0.25) is 5.88 Å². The van der Waals surface area contributed by atoms with E-state index >= 15 is 8.78 Å². The van der Waals surface area contributed by atoms with Crippen molar-refractivity contribution < 1.29 is 37.3 Å². The number of fused-ring (bicyclic) bond motifs is 1. The topological polar surface area (TPSA) is 95.7 Å². The molecular weight excluding hydrogens is 611 g/mol. The molecule has 6 rings (SSSR count). The smallest absolute Gasteiger partial charge is 0.335 e. The van der Waals surface area contributed by atoms with Crippen molar-refractivity contribution in [3.05, 3.63) is 112 Å². The number of nitrogens with zero attached hydrogens (tertiary/aromatic N) is 3. The highest BCUT2D eigenvalue weighted by atomic mass is 35.5. The Kier molecular flexibility index (Phi) is 8.75. The van der Waals surface area contributed by atoms with Gasteiger partial charge in [-0.1, -0.05) is 23.7 Å². The molecular formula is C33H27ClF3N3O5. The number of halogens is 4. The van der Waals surface area contributed by atoms with Gasteiger partial charge in [0.15, 0.2) is 0 Å². The summed E-state index contributed by atoms with van der Waals surface area (Å²) >= 11 is 5.80. The van der Waals surface area contributed by atoms with Crippen LogP contribution in [0.1, 0.15) is 40.3 Å². The minimum atomic E-state index is -1.10. The molecule has 5 aromatic rings. The van der Waals surface area contributed by atoms with Crippen molar-refractivity contribution in [2.75, 3.05) is 19.8 Å². The van der Waals surface area contributed by atoms with Gasteiger partial charge in [-0.05, 0) is 61.0 Å². The lowest BCUT2D eigenvalue weighted by Gasteiger charge is -2.22. The third-order valence-corrected chi connectivity index (χ3v) is 7.83. The van der Waals surface area contributed by atoms with E-state index in [1.807, 2.05) is 11.5 Å². The molecule has 12 heteroatoms. The summed E-state index contributed by atoms with van der Waals surface area (Å²) in [6.07, 6.45) is -0.418. The minimum Gasteiger partial charge on any atom is -0.478 e. The van der Waals surface area contributed by atoms with Crippen molar-refractivity contribution in [3.8, 4) is 17.1 Å². The van der Waals surface area contributed by atoms with Gasteiger partial charge in [0, 0.05) is 35.2 Å². The minimum absolute atomic E-state index is 0.0451. The van der Waals surface area contributed by atoms with Crippen LogP contribution in [0.5, 0.6) is 5.88 Å². The molecule has 0 radical (unpaired) electrons. The Morgan fingerprint density at radius 3 is 2.60 bits per heavy atom. The Hall–Kier alpha value is -4.45. The summed E-state index contributed by atoms with van der Waals surface area (Å²) in [6.45, 7) is 2.77. The highest BCUT2D eigenvalue weighted by Crippen LogP contribution is 2.32. The molecule has 8 nitrogen and oxygen atoms in total. The van der Waals surface area contributed by atoms with E-state index in [9.17, 15) is 14.3 Å². The van der Waals surface area contributed by atoms with Crippen molar-refractivity contribution in [2.24, 2.45) is 0 Å². The maximum absolute atomic E-state index is 15.6. The first kappa shape index (κ1) is 30.6. The number of carbonyl (C=O) groups is 1. The molecule has 2 atom stereocenters. The zero-order chi connectivity index (χ0) is 31.7.